The summed E-state index contributed by atoms with van der Waals surface area (Å²) >= 11 is 0. The van der Waals surface area contributed by atoms with Crippen LogP contribution in [0.4, 0.5) is 0 Å². The molecule has 18 heavy (non-hydrogen) atoms. The predicted molar refractivity (Wildman–Crippen MR) is 74.2 cm³/mol. The number of rotatable bonds is 3. The van der Waals surface area contributed by atoms with Crippen molar-refractivity contribution in [3.8, 4) is 5.75 Å². The van der Waals surface area contributed by atoms with Gasteiger partial charge in [-0.2, -0.15) is 0 Å². The van der Waals surface area contributed by atoms with Gasteiger partial charge in [-0.25, -0.2) is 0 Å². The summed E-state index contributed by atoms with van der Waals surface area (Å²) < 4.78 is 5.94. The van der Waals surface area contributed by atoms with E-state index >= 15 is 0 Å². The van der Waals surface area contributed by atoms with Crippen LogP contribution in [-0.4, -0.2) is 13.2 Å². The second-order valence-electron chi connectivity index (χ2n) is 5.51. The second kappa shape index (κ2) is 5.31. The van der Waals surface area contributed by atoms with Gasteiger partial charge in [0.15, 0.2) is 0 Å². The molecule has 0 amide bonds. The minimum absolute atomic E-state index is 0.494. The van der Waals surface area contributed by atoms with Crippen molar-refractivity contribution in [1.29, 1.82) is 0 Å². The fraction of sp³-hybridized carbons (Fsp3) is 0.625. The average Bonchev–Trinajstić information content (AvgIpc) is 2.75. The molecule has 98 valence electrons. The zero-order chi connectivity index (χ0) is 12.4. The van der Waals surface area contributed by atoms with E-state index in [1.54, 1.807) is 5.56 Å². The van der Waals surface area contributed by atoms with Gasteiger partial charge < -0.3 is 10.1 Å². The molecule has 1 heterocycles. The van der Waals surface area contributed by atoms with Gasteiger partial charge in [-0.15, -0.1) is 0 Å². The van der Waals surface area contributed by atoms with Crippen LogP contribution in [-0.2, 0) is 12.8 Å². The van der Waals surface area contributed by atoms with E-state index < -0.39 is 0 Å². The summed E-state index contributed by atoms with van der Waals surface area (Å²) in [4.78, 5) is 0. The van der Waals surface area contributed by atoms with Crippen LogP contribution >= 0.6 is 0 Å². The fourth-order valence-electron chi connectivity index (χ4n) is 3.17. The molecule has 2 heteroatoms. The summed E-state index contributed by atoms with van der Waals surface area (Å²) in [6.45, 7) is 4.20. The zero-order valence-electron chi connectivity index (χ0n) is 11.3. The predicted octanol–water partition coefficient (Wildman–Crippen LogP) is 3.39. The van der Waals surface area contributed by atoms with Crippen molar-refractivity contribution in [2.75, 3.05) is 13.2 Å². The van der Waals surface area contributed by atoms with E-state index in [4.69, 9.17) is 4.74 Å². The summed E-state index contributed by atoms with van der Waals surface area (Å²) in [6.07, 6.45) is 7.34. The van der Waals surface area contributed by atoms with Crippen molar-refractivity contribution in [3.05, 3.63) is 28.8 Å². The minimum atomic E-state index is 0.494. The molecular weight excluding hydrogens is 222 g/mol. The highest BCUT2D eigenvalue weighted by Gasteiger charge is 2.22. The highest BCUT2D eigenvalue weighted by atomic mass is 16.5. The number of benzene rings is 1. The highest BCUT2D eigenvalue weighted by Crippen LogP contribution is 2.36. The lowest BCUT2D eigenvalue weighted by Gasteiger charge is -2.19. The molecule has 0 spiro atoms. The van der Waals surface area contributed by atoms with Gasteiger partial charge in [0, 0.05) is 11.6 Å². The molecule has 0 bridgehead atoms. The number of hydrogen-bond donors (Lipinski definition) is 1. The van der Waals surface area contributed by atoms with Gasteiger partial charge in [0.1, 0.15) is 5.75 Å². The molecule has 0 radical (unpaired) electrons. The van der Waals surface area contributed by atoms with Gasteiger partial charge in [0.05, 0.1) is 6.61 Å². The molecule has 1 atom stereocenters. The van der Waals surface area contributed by atoms with Gasteiger partial charge in [-0.3, -0.25) is 0 Å². The first-order valence-electron chi connectivity index (χ1n) is 7.40. The SMILES string of the molecule is CCCNC1CCCOc2cc3c(cc21)CCC3. The van der Waals surface area contributed by atoms with E-state index in [9.17, 15) is 0 Å². The molecule has 0 saturated heterocycles. The molecule has 1 N–H and O–H groups in total. The molecule has 1 aliphatic heterocycles. The van der Waals surface area contributed by atoms with Gasteiger partial charge in [-0.05, 0) is 62.3 Å². The first-order chi connectivity index (χ1) is 8.88. The van der Waals surface area contributed by atoms with Crippen molar-refractivity contribution >= 4 is 0 Å². The summed E-state index contributed by atoms with van der Waals surface area (Å²) in [5.74, 6) is 1.14. The van der Waals surface area contributed by atoms with Crippen LogP contribution in [0.1, 0.15) is 55.3 Å². The molecule has 3 rings (SSSR count). The van der Waals surface area contributed by atoms with E-state index in [0.717, 1.165) is 25.3 Å². The van der Waals surface area contributed by atoms with E-state index in [1.165, 1.54) is 43.2 Å². The summed E-state index contributed by atoms with van der Waals surface area (Å²) in [5.41, 5.74) is 4.48. The van der Waals surface area contributed by atoms with Crippen LogP contribution in [0.25, 0.3) is 0 Å². The molecule has 1 aliphatic carbocycles. The standard InChI is InChI=1S/C16H23NO/c1-2-8-17-15-7-4-9-18-16-11-13-6-3-5-12(13)10-14(15)16/h10-11,15,17H,2-9H2,1H3. The average molecular weight is 245 g/mol. The minimum Gasteiger partial charge on any atom is -0.493 e. The lowest BCUT2D eigenvalue weighted by molar-refractivity contribution is 0.315. The summed E-state index contributed by atoms with van der Waals surface area (Å²) in [5, 5.41) is 3.68. The third-order valence-corrected chi connectivity index (χ3v) is 4.14. The maximum Gasteiger partial charge on any atom is 0.124 e. The van der Waals surface area contributed by atoms with Crippen LogP contribution in [0.5, 0.6) is 5.75 Å². The largest absolute Gasteiger partial charge is 0.493 e. The van der Waals surface area contributed by atoms with Gasteiger partial charge >= 0.3 is 0 Å². The highest BCUT2D eigenvalue weighted by molar-refractivity contribution is 5.46. The normalized spacial score (nSPS) is 21.9. The molecule has 2 nitrogen and oxygen atoms in total. The van der Waals surface area contributed by atoms with Gasteiger partial charge in [0.25, 0.3) is 0 Å². The molecule has 0 aromatic heterocycles. The third-order valence-electron chi connectivity index (χ3n) is 4.14. The molecule has 0 saturated carbocycles. The topological polar surface area (TPSA) is 21.3 Å². The van der Waals surface area contributed by atoms with Crippen molar-refractivity contribution in [2.45, 2.75) is 51.5 Å². The Morgan fingerprint density at radius 1 is 1.22 bits per heavy atom. The quantitative estimate of drug-likeness (QED) is 0.881. The molecular formula is C16H23NO. The Labute approximate surface area is 110 Å². The molecule has 1 aromatic rings. The number of hydrogen-bond acceptors (Lipinski definition) is 2. The van der Waals surface area contributed by atoms with Crippen LogP contribution in [0.3, 0.4) is 0 Å². The lowest BCUT2D eigenvalue weighted by atomic mass is 9.97. The van der Waals surface area contributed by atoms with Crippen molar-refractivity contribution in [2.24, 2.45) is 0 Å². The first kappa shape index (κ1) is 12.0. The number of aryl methyl sites for hydroxylation is 2. The Bertz CT molecular complexity index is 427. The lowest BCUT2D eigenvalue weighted by Crippen LogP contribution is -2.21. The first-order valence-corrected chi connectivity index (χ1v) is 7.40. The Kier molecular flexibility index (Phi) is 3.55. The maximum atomic E-state index is 5.94. The Hall–Kier alpha value is -1.02. The van der Waals surface area contributed by atoms with Crippen LogP contribution in [0.2, 0.25) is 0 Å². The smallest absolute Gasteiger partial charge is 0.124 e. The maximum absolute atomic E-state index is 5.94. The summed E-state index contributed by atoms with van der Waals surface area (Å²) in [6, 6.07) is 5.22. The van der Waals surface area contributed by atoms with E-state index in [1.807, 2.05) is 0 Å². The van der Waals surface area contributed by atoms with Crippen LogP contribution < -0.4 is 10.1 Å². The van der Waals surface area contributed by atoms with Gasteiger partial charge in [-0.1, -0.05) is 13.0 Å². The van der Waals surface area contributed by atoms with Crippen molar-refractivity contribution < 1.29 is 4.74 Å². The van der Waals surface area contributed by atoms with Crippen LogP contribution in [0, 0.1) is 0 Å². The number of ether oxygens (including phenoxy) is 1. The van der Waals surface area contributed by atoms with Crippen molar-refractivity contribution in [1.82, 2.24) is 5.32 Å². The fourth-order valence-corrected chi connectivity index (χ4v) is 3.17. The molecule has 0 fully saturated rings. The number of nitrogens with one attached hydrogen (secondary N) is 1. The third kappa shape index (κ3) is 2.26. The summed E-state index contributed by atoms with van der Waals surface area (Å²) in [7, 11) is 0. The van der Waals surface area contributed by atoms with Crippen LogP contribution in [0.15, 0.2) is 12.1 Å². The second-order valence-corrected chi connectivity index (χ2v) is 5.51. The van der Waals surface area contributed by atoms with Gasteiger partial charge in [0.2, 0.25) is 0 Å². The zero-order valence-corrected chi connectivity index (χ0v) is 11.3. The molecule has 1 aromatic carbocycles. The Morgan fingerprint density at radius 3 is 2.89 bits per heavy atom. The molecule has 2 aliphatic rings. The van der Waals surface area contributed by atoms with E-state index in [2.05, 4.69) is 24.4 Å². The Balaban J connectivity index is 1.92. The van der Waals surface area contributed by atoms with E-state index in [0.29, 0.717) is 6.04 Å². The Morgan fingerprint density at radius 2 is 2.06 bits per heavy atom. The van der Waals surface area contributed by atoms with Crippen molar-refractivity contribution in [3.63, 3.8) is 0 Å². The molecule has 1 unspecified atom stereocenters. The monoisotopic (exact) mass is 245 g/mol. The number of fused-ring (bicyclic) bond motifs is 2. The van der Waals surface area contributed by atoms with E-state index in [-0.39, 0.29) is 0 Å².